The summed E-state index contributed by atoms with van der Waals surface area (Å²) in [6.45, 7) is 3.71. The number of thioether (sulfide) groups is 1. The van der Waals surface area contributed by atoms with Crippen LogP contribution in [0.3, 0.4) is 0 Å². The van der Waals surface area contributed by atoms with Crippen molar-refractivity contribution in [1.82, 2.24) is 0 Å². The number of hydrogen-bond acceptors (Lipinski definition) is 5. The fraction of sp³-hybridized carbons (Fsp3) is 0.130. The lowest BCUT2D eigenvalue weighted by Gasteiger charge is -2.14. The van der Waals surface area contributed by atoms with Crippen molar-refractivity contribution in [2.75, 3.05) is 10.6 Å². The normalized spacial score (nSPS) is 11.5. The maximum Gasteiger partial charge on any atom is 0.269 e. The van der Waals surface area contributed by atoms with Gasteiger partial charge in [-0.2, -0.15) is 0 Å². The van der Waals surface area contributed by atoms with E-state index in [-0.39, 0.29) is 22.8 Å². The zero-order chi connectivity index (χ0) is 23.3. The van der Waals surface area contributed by atoms with E-state index in [1.54, 1.807) is 24.3 Å². The Balaban J connectivity index is 1.57. The van der Waals surface area contributed by atoms with Gasteiger partial charge in [0.2, 0.25) is 5.91 Å². The number of non-ortho nitro benzene ring substituents is 1. The molecule has 2 amide bonds. The van der Waals surface area contributed by atoms with Crippen LogP contribution >= 0.6 is 23.4 Å². The van der Waals surface area contributed by atoms with Crippen molar-refractivity contribution in [3.8, 4) is 0 Å². The Hall–Kier alpha value is -3.36. The Kier molecular flexibility index (Phi) is 7.50. The number of rotatable bonds is 7. The monoisotopic (exact) mass is 469 g/mol. The maximum atomic E-state index is 12.5. The van der Waals surface area contributed by atoms with E-state index in [9.17, 15) is 19.7 Å². The van der Waals surface area contributed by atoms with E-state index in [1.165, 1.54) is 36.0 Å². The minimum absolute atomic E-state index is 0.0772. The van der Waals surface area contributed by atoms with Gasteiger partial charge >= 0.3 is 0 Å². The van der Waals surface area contributed by atoms with Crippen molar-refractivity contribution >= 4 is 52.2 Å². The summed E-state index contributed by atoms with van der Waals surface area (Å²) in [5, 5.41) is 16.6. The van der Waals surface area contributed by atoms with Gasteiger partial charge < -0.3 is 10.6 Å². The third kappa shape index (κ3) is 6.09. The Bertz CT molecular complexity index is 1150. The van der Waals surface area contributed by atoms with Gasteiger partial charge in [-0.15, -0.1) is 11.8 Å². The van der Waals surface area contributed by atoms with E-state index in [4.69, 9.17) is 11.6 Å². The molecule has 0 aliphatic rings. The van der Waals surface area contributed by atoms with E-state index < -0.39 is 4.92 Å². The number of aryl methyl sites for hydroxylation is 1. The number of amides is 2. The third-order valence-electron chi connectivity index (χ3n) is 4.59. The lowest BCUT2D eigenvalue weighted by atomic mass is 10.2. The number of halogens is 1. The molecule has 164 valence electrons. The Morgan fingerprint density at radius 1 is 1.00 bits per heavy atom. The molecule has 32 heavy (non-hydrogen) atoms. The van der Waals surface area contributed by atoms with Crippen LogP contribution in [-0.4, -0.2) is 22.0 Å². The molecule has 7 nitrogen and oxygen atoms in total. The van der Waals surface area contributed by atoms with Gasteiger partial charge in [-0.1, -0.05) is 17.7 Å². The summed E-state index contributed by atoms with van der Waals surface area (Å²) in [5.74, 6) is -0.513. The standard InChI is InChI=1S/C23H20ClN3O4S/c1-14-3-6-17(24)13-21(14)26-22(28)15(2)32-20-11-7-18(8-12-20)25-23(29)16-4-9-19(10-5-16)27(30)31/h3-13,15H,1-2H3,(H,25,29)(H,26,28). The summed E-state index contributed by atoms with van der Waals surface area (Å²) < 4.78 is 0. The molecule has 0 saturated heterocycles. The fourth-order valence-electron chi connectivity index (χ4n) is 2.78. The smallest absolute Gasteiger partial charge is 0.269 e. The topological polar surface area (TPSA) is 101 Å². The minimum atomic E-state index is -0.518. The van der Waals surface area contributed by atoms with Crippen molar-refractivity contribution in [3.63, 3.8) is 0 Å². The van der Waals surface area contributed by atoms with Gasteiger partial charge in [0.15, 0.2) is 0 Å². The summed E-state index contributed by atoms with van der Waals surface area (Å²) in [5.41, 5.74) is 2.42. The van der Waals surface area contributed by atoms with Gasteiger partial charge in [0.25, 0.3) is 11.6 Å². The van der Waals surface area contributed by atoms with Gasteiger partial charge in [-0.25, -0.2) is 0 Å². The Labute approximate surface area is 194 Å². The molecular formula is C23H20ClN3O4S. The van der Waals surface area contributed by atoms with E-state index in [2.05, 4.69) is 10.6 Å². The largest absolute Gasteiger partial charge is 0.325 e. The summed E-state index contributed by atoms with van der Waals surface area (Å²) >= 11 is 7.39. The van der Waals surface area contributed by atoms with Crippen molar-refractivity contribution in [3.05, 3.63) is 93.0 Å². The molecule has 0 aliphatic heterocycles. The van der Waals surface area contributed by atoms with Crippen LogP contribution in [0.2, 0.25) is 5.02 Å². The number of nitro benzene ring substituents is 1. The van der Waals surface area contributed by atoms with E-state index in [1.807, 2.05) is 32.0 Å². The Morgan fingerprint density at radius 3 is 2.28 bits per heavy atom. The van der Waals surface area contributed by atoms with Crippen LogP contribution in [0.25, 0.3) is 0 Å². The van der Waals surface area contributed by atoms with Gasteiger partial charge in [-0.3, -0.25) is 19.7 Å². The van der Waals surface area contributed by atoms with Crippen LogP contribution in [0.4, 0.5) is 17.1 Å². The van der Waals surface area contributed by atoms with Crippen molar-refractivity contribution in [2.24, 2.45) is 0 Å². The highest BCUT2D eigenvalue weighted by atomic mass is 35.5. The molecular weight excluding hydrogens is 450 g/mol. The molecule has 3 aromatic rings. The summed E-state index contributed by atoms with van der Waals surface area (Å²) in [6, 6.07) is 17.8. The molecule has 0 aliphatic carbocycles. The van der Waals surface area contributed by atoms with Gasteiger partial charge in [0.1, 0.15) is 0 Å². The molecule has 0 saturated carbocycles. The van der Waals surface area contributed by atoms with Crippen LogP contribution < -0.4 is 10.6 Å². The van der Waals surface area contributed by atoms with Crippen LogP contribution in [-0.2, 0) is 4.79 Å². The number of carbonyl (C=O) groups is 2. The van der Waals surface area contributed by atoms with Gasteiger partial charge in [0.05, 0.1) is 10.2 Å². The van der Waals surface area contributed by atoms with E-state index >= 15 is 0 Å². The van der Waals surface area contributed by atoms with Crippen LogP contribution in [0.5, 0.6) is 0 Å². The maximum absolute atomic E-state index is 12.5. The average Bonchev–Trinajstić information content (AvgIpc) is 2.77. The molecule has 2 N–H and O–H groups in total. The molecule has 0 spiro atoms. The molecule has 0 fully saturated rings. The lowest BCUT2D eigenvalue weighted by Crippen LogP contribution is -2.22. The first-order valence-electron chi connectivity index (χ1n) is 9.62. The highest BCUT2D eigenvalue weighted by molar-refractivity contribution is 8.00. The van der Waals surface area contributed by atoms with Crippen LogP contribution in [0.15, 0.2) is 71.6 Å². The van der Waals surface area contributed by atoms with Crippen LogP contribution in [0.1, 0.15) is 22.8 Å². The lowest BCUT2D eigenvalue weighted by molar-refractivity contribution is -0.384. The quantitative estimate of drug-likeness (QED) is 0.254. The highest BCUT2D eigenvalue weighted by Crippen LogP contribution is 2.27. The molecule has 9 heteroatoms. The number of hydrogen-bond donors (Lipinski definition) is 2. The molecule has 0 aromatic heterocycles. The van der Waals surface area contributed by atoms with Crippen molar-refractivity contribution in [2.45, 2.75) is 24.0 Å². The molecule has 0 bridgehead atoms. The predicted molar refractivity (Wildman–Crippen MR) is 128 cm³/mol. The summed E-state index contributed by atoms with van der Waals surface area (Å²) in [4.78, 5) is 35.9. The summed E-state index contributed by atoms with van der Waals surface area (Å²) in [7, 11) is 0. The second kappa shape index (κ2) is 10.3. The van der Waals surface area contributed by atoms with Gasteiger partial charge in [0, 0.05) is 39.0 Å². The zero-order valence-corrected chi connectivity index (χ0v) is 18.9. The van der Waals surface area contributed by atoms with Crippen molar-refractivity contribution < 1.29 is 14.5 Å². The molecule has 3 rings (SSSR count). The third-order valence-corrected chi connectivity index (χ3v) is 5.94. The molecule has 3 aromatic carbocycles. The predicted octanol–water partition coefficient (Wildman–Crippen LogP) is 5.93. The second-order valence-corrected chi connectivity index (χ2v) is 8.84. The first-order valence-corrected chi connectivity index (χ1v) is 10.9. The molecule has 0 radical (unpaired) electrons. The van der Waals surface area contributed by atoms with Crippen molar-refractivity contribution in [1.29, 1.82) is 0 Å². The number of anilines is 2. The highest BCUT2D eigenvalue weighted by Gasteiger charge is 2.16. The first kappa shape index (κ1) is 23.3. The number of carbonyl (C=O) groups excluding carboxylic acids is 2. The molecule has 0 heterocycles. The number of nitrogens with one attached hydrogen (secondary N) is 2. The van der Waals surface area contributed by atoms with Gasteiger partial charge in [-0.05, 0) is 67.9 Å². The number of benzene rings is 3. The number of nitro groups is 1. The molecule has 1 atom stereocenters. The first-order chi connectivity index (χ1) is 15.2. The molecule has 1 unspecified atom stereocenters. The van der Waals surface area contributed by atoms with Crippen LogP contribution in [0, 0.1) is 17.0 Å². The van der Waals surface area contributed by atoms with E-state index in [0.717, 1.165) is 10.5 Å². The summed E-state index contributed by atoms with van der Waals surface area (Å²) in [6.07, 6.45) is 0. The SMILES string of the molecule is Cc1ccc(Cl)cc1NC(=O)C(C)Sc1ccc(NC(=O)c2ccc([N+](=O)[O-])cc2)cc1. The number of nitrogens with zero attached hydrogens (tertiary/aromatic N) is 1. The fourth-order valence-corrected chi connectivity index (χ4v) is 3.82. The Morgan fingerprint density at radius 2 is 1.66 bits per heavy atom. The van der Waals surface area contributed by atoms with E-state index in [0.29, 0.717) is 22.0 Å². The minimum Gasteiger partial charge on any atom is -0.325 e. The zero-order valence-electron chi connectivity index (χ0n) is 17.3. The average molecular weight is 470 g/mol. The second-order valence-electron chi connectivity index (χ2n) is 6.99.